The summed E-state index contributed by atoms with van der Waals surface area (Å²) in [5.41, 5.74) is 1.80. The summed E-state index contributed by atoms with van der Waals surface area (Å²) in [6, 6.07) is 6.28. The van der Waals surface area contributed by atoms with Gasteiger partial charge in [0.15, 0.2) is 0 Å². The molecule has 0 aliphatic heterocycles. The van der Waals surface area contributed by atoms with Crippen molar-refractivity contribution < 1.29 is 14.3 Å². The second-order valence-electron chi connectivity index (χ2n) is 7.10. The van der Waals surface area contributed by atoms with Gasteiger partial charge in [-0.05, 0) is 42.9 Å². The van der Waals surface area contributed by atoms with Gasteiger partial charge in [-0.2, -0.15) is 0 Å². The molecule has 0 saturated carbocycles. The van der Waals surface area contributed by atoms with Gasteiger partial charge in [0, 0.05) is 0 Å². The summed E-state index contributed by atoms with van der Waals surface area (Å²) >= 11 is 0. The molecule has 0 aliphatic rings. The van der Waals surface area contributed by atoms with Crippen LogP contribution in [-0.2, 0) is 21.4 Å². The lowest BCUT2D eigenvalue weighted by Gasteiger charge is -2.27. The number of benzene rings is 1. The van der Waals surface area contributed by atoms with Crippen LogP contribution in [0.4, 0.5) is 0 Å². The molecule has 21 heavy (non-hydrogen) atoms. The fourth-order valence-corrected chi connectivity index (χ4v) is 2.10. The second kappa shape index (κ2) is 6.50. The van der Waals surface area contributed by atoms with Gasteiger partial charge in [0.1, 0.15) is 12.4 Å². The first-order chi connectivity index (χ1) is 9.61. The zero-order chi connectivity index (χ0) is 16.3. The average Bonchev–Trinajstić information content (AvgIpc) is 2.43. The highest BCUT2D eigenvalue weighted by atomic mass is 16.5. The first kappa shape index (κ1) is 17.5. The summed E-state index contributed by atoms with van der Waals surface area (Å²) in [5.74, 6) is 0.585. The van der Waals surface area contributed by atoms with Crippen LogP contribution in [0.25, 0.3) is 0 Å². The van der Waals surface area contributed by atoms with Crippen LogP contribution in [0, 0.1) is 5.41 Å². The van der Waals surface area contributed by atoms with Crippen molar-refractivity contribution in [1.29, 1.82) is 0 Å². The molecule has 3 heteroatoms. The molecule has 1 aromatic carbocycles. The van der Waals surface area contributed by atoms with Crippen molar-refractivity contribution in [3.05, 3.63) is 29.3 Å². The molecule has 0 heterocycles. The molecule has 0 bridgehead atoms. The van der Waals surface area contributed by atoms with E-state index in [0.717, 1.165) is 12.2 Å². The monoisotopic (exact) mass is 292 g/mol. The van der Waals surface area contributed by atoms with Gasteiger partial charge in [0.25, 0.3) is 0 Å². The van der Waals surface area contributed by atoms with E-state index in [0.29, 0.717) is 6.61 Å². The van der Waals surface area contributed by atoms with Crippen molar-refractivity contribution in [2.24, 2.45) is 5.41 Å². The third-order valence-electron chi connectivity index (χ3n) is 3.59. The van der Waals surface area contributed by atoms with E-state index < -0.39 is 5.41 Å². The van der Waals surface area contributed by atoms with Crippen LogP contribution in [0.1, 0.15) is 52.7 Å². The van der Waals surface area contributed by atoms with E-state index in [1.807, 2.05) is 19.9 Å². The Morgan fingerprint density at radius 1 is 1.14 bits per heavy atom. The number of methoxy groups -OCH3 is 1. The number of carbonyl (C=O) groups is 1. The minimum Gasteiger partial charge on any atom is -0.492 e. The van der Waals surface area contributed by atoms with Crippen molar-refractivity contribution in [3.8, 4) is 5.75 Å². The molecule has 0 aromatic heterocycles. The number of esters is 1. The number of carbonyl (C=O) groups excluding carboxylic acids is 1. The van der Waals surface area contributed by atoms with Gasteiger partial charge in [-0.3, -0.25) is 4.79 Å². The van der Waals surface area contributed by atoms with Crippen molar-refractivity contribution in [2.75, 3.05) is 13.7 Å². The third-order valence-corrected chi connectivity index (χ3v) is 3.59. The summed E-state index contributed by atoms with van der Waals surface area (Å²) in [5, 5.41) is 0. The highest BCUT2D eigenvalue weighted by Gasteiger charge is 2.30. The van der Waals surface area contributed by atoms with E-state index >= 15 is 0 Å². The molecule has 0 N–H and O–H groups in total. The molecule has 118 valence electrons. The zero-order valence-electron chi connectivity index (χ0n) is 14.4. The Bertz CT molecular complexity index is 496. The van der Waals surface area contributed by atoms with Crippen LogP contribution in [0.3, 0.4) is 0 Å². The maximum Gasteiger partial charge on any atom is 0.314 e. The van der Waals surface area contributed by atoms with Gasteiger partial charge < -0.3 is 9.47 Å². The van der Waals surface area contributed by atoms with Crippen LogP contribution >= 0.6 is 0 Å². The number of rotatable bonds is 5. The number of hydrogen-bond donors (Lipinski definition) is 0. The molecule has 0 fully saturated rings. The lowest BCUT2D eigenvalue weighted by molar-refractivity contribution is -0.152. The maximum atomic E-state index is 11.7. The predicted molar refractivity (Wildman–Crippen MR) is 85.8 cm³/mol. The molecule has 0 unspecified atom stereocenters. The topological polar surface area (TPSA) is 35.5 Å². The lowest BCUT2D eigenvalue weighted by atomic mass is 9.85. The molecule has 0 atom stereocenters. The zero-order valence-corrected chi connectivity index (χ0v) is 14.4. The Balaban J connectivity index is 3.01. The minimum atomic E-state index is -0.659. The van der Waals surface area contributed by atoms with Crippen LogP contribution < -0.4 is 4.74 Å². The van der Waals surface area contributed by atoms with E-state index in [1.165, 1.54) is 18.2 Å². The Morgan fingerprint density at radius 3 is 2.24 bits per heavy atom. The normalized spacial score (nSPS) is 12.1. The van der Waals surface area contributed by atoms with E-state index in [4.69, 9.17) is 9.47 Å². The van der Waals surface area contributed by atoms with Crippen molar-refractivity contribution in [2.45, 2.75) is 53.4 Å². The first-order valence-electron chi connectivity index (χ1n) is 7.46. The van der Waals surface area contributed by atoms with E-state index in [-0.39, 0.29) is 11.4 Å². The Hall–Kier alpha value is -1.51. The van der Waals surface area contributed by atoms with Crippen LogP contribution in [0.15, 0.2) is 18.2 Å². The number of aryl methyl sites for hydroxylation is 1. The largest absolute Gasteiger partial charge is 0.492 e. The fourth-order valence-electron chi connectivity index (χ4n) is 2.10. The van der Waals surface area contributed by atoms with E-state index in [1.54, 1.807) is 0 Å². The molecule has 0 aliphatic carbocycles. The van der Waals surface area contributed by atoms with Crippen LogP contribution in [-0.4, -0.2) is 19.7 Å². The molecule has 1 rings (SSSR count). The van der Waals surface area contributed by atoms with Crippen molar-refractivity contribution in [1.82, 2.24) is 0 Å². The minimum absolute atomic E-state index is 0.00405. The number of hydrogen-bond acceptors (Lipinski definition) is 3. The van der Waals surface area contributed by atoms with Gasteiger partial charge >= 0.3 is 5.97 Å². The molecule has 0 radical (unpaired) electrons. The molecule has 3 nitrogen and oxygen atoms in total. The standard InChI is InChI=1S/C18H28O3/c1-8-13-9-10-15(14(11-13)17(2,3)4)21-12-18(5,6)16(19)20-7/h9-11H,8,12H2,1-7H3. The summed E-state index contributed by atoms with van der Waals surface area (Å²) in [6.45, 7) is 12.6. The molecule has 0 saturated heterocycles. The number of ether oxygens (including phenoxy) is 2. The summed E-state index contributed by atoms with van der Waals surface area (Å²) in [4.78, 5) is 11.7. The van der Waals surface area contributed by atoms with Gasteiger partial charge in [-0.1, -0.05) is 39.8 Å². The van der Waals surface area contributed by atoms with Crippen molar-refractivity contribution in [3.63, 3.8) is 0 Å². The smallest absolute Gasteiger partial charge is 0.314 e. The lowest BCUT2D eigenvalue weighted by Crippen LogP contribution is -2.32. The summed E-state index contributed by atoms with van der Waals surface area (Å²) in [6.07, 6.45) is 0.997. The van der Waals surface area contributed by atoms with Crippen LogP contribution in [0.2, 0.25) is 0 Å². The van der Waals surface area contributed by atoms with E-state index in [9.17, 15) is 4.79 Å². The second-order valence-corrected chi connectivity index (χ2v) is 7.10. The molecular weight excluding hydrogens is 264 g/mol. The molecule has 0 spiro atoms. The van der Waals surface area contributed by atoms with Gasteiger partial charge in [0.2, 0.25) is 0 Å². The van der Waals surface area contributed by atoms with Gasteiger partial charge in [0.05, 0.1) is 12.5 Å². The third kappa shape index (κ3) is 4.48. The fraction of sp³-hybridized carbons (Fsp3) is 0.611. The first-order valence-corrected chi connectivity index (χ1v) is 7.46. The highest BCUT2D eigenvalue weighted by Crippen LogP contribution is 2.33. The molecular formula is C18H28O3. The quantitative estimate of drug-likeness (QED) is 0.766. The Kier molecular flexibility index (Phi) is 5.43. The Morgan fingerprint density at radius 2 is 1.76 bits per heavy atom. The SMILES string of the molecule is CCc1ccc(OCC(C)(C)C(=O)OC)c(C(C)(C)C)c1. The summed E-state index contributed by atoms with van der Waals surface area (Å²) < 4.78 is 10.8. The highest BCUT2D eigenvalue weighted by molar-refractivity contribution is 5.75. The van der Waals surface area contributed by atoms with E-state index in [2.05, 4.69) is 39.8 Å². The van der Waals surface area contributed by atoms with Gasteiger partial charge in [-0.15, -0.1) is 0 Å². The van der Waals surface area contributed by atoms with Crippen molar-refractivity contribution >= 4 is 5.97 Å². The van der Waals surface area contributed by atoms with Crippen LogP contribution in [0.5, 0.6) is 5.75 Å². The summed E-state index contributed by atoms with van der Waals surface area (Å²) in [7, 11) is 1.40. The molecule has 0 amide bonds. The average molecular weight is 292 g/mol. The predicted octanol–water partition coefficient (Wildman–Crippen LogP) is 4.12. The maximum absolute atomic E-state index is 11.7. The van der Waals surface area contributed by atoms with Gasteiger partial charge in [-0.25, -0.2) is 0 Å². The Labute approximate surface area is 128 Å². The molecule has 1 aromatic rings.